The molecule has 3 nitrogen and oxygen atoms in total. The van der Waals surface area contributed by atoms with E-state index in [1.54, 1.807) is 12.1 Å². The molecule has 0 aliphatic heterocycles. The Labute approximate surface area is 116 Å². The number of nitrogens with one attached hydrogen (secondary N) is 2. The minimum absolute atomic E-state index is 0.104. The van der Waals surface area contributed by atoms with Gasteiger partial charge in [0.05, 0.1) is 17.1 Å². The summed E-state index contributed by atoms with van der Waals surface area (Å²) in [6, 6.07) is 14.6. The van der Waals surface area contributed by atoms with Gasteiger partial charge in [-0.15, -0.1) is 0 Å². The third kappa shape index (κ3) is 2.70. The molecule has 102 valence electrons. The molecule has 0 fully saturated rings. The van der Waals surface area contributed by atoms with Crippen molar-refractivity contribution in [2.75, 3.05) is 0 Å². The number of nitrogens with zero attached hydrogens (tertiary/aromatic N) is 1. The van der Waals surface area contributed by atoms with Crippen molar-refractivity contribution in [2.45, 2.75) is 19.5 Å². The molecule has 1 aromatic heterocycles. The molecule has 1 heterocycles. The molecule has 2 aromatic carbocycles. The standard InChI is InChI=1S/C16H16FN3/c1-11(18-10-12-6-8-13(17)9-7-12)16-19-14-4-2-3-5-15(14)20-16/h2-9,11,18H,10H2,1H3,(H,19,20). The van der Waals surface area contributed by atoms with E-state index >= 15 is 0 Å². The molecule has 2 N–H and O–H groups in total. The fourth-order valence-electron chi connectivity index (χ4n) is 2.15. The number of hydrogen-bond donors (Lipinski definition) is 2. The molecular formula is C16H16FN3. The molecule has 1 atom stereocenters. The van der Waals surface area contributed by atoms with Crippen LogP contribution in [0, 0.1) is 5.82 Å². The van der Waals surface area contributed by atoms with Gasteiger partial charge in [-0.1, -0.05) is 24.3 Å². The Morgan fingerprint density at radius 1 is 1.15 bits per heavy atom. The molecule has 0 bridgehead atoms. The fourth-order valence-corrected chi connectivity index (χ4v) is 2.15. The third-order valence-corrected chi connectivity index (χ3v) is 3.34. The molecule has 0 saturated heterocycles. The highest BCUT2D eigenvalue weighted by molar-refractivity contribution is 5.74. The molecule has 3 rings (SSSR count). The van der Waals surface area contributed by atoms with Crippen molar-refractivity contribution < 1.29 is 4.39 Å². The van der Waals surface area contributed by atoms with E-state index in [4.69, 9.17) is 0 Å². The maximum absolute atomic E-state index is 12.8. The topological polar surface area (TPSA) is 40.7 Å². The van der Waals surface area contributed by atoms with Crippen LogP contribution in [-0.2, 0) is 6.54 Å². The zero-order valence-electron chi connectivity index (χ0n) is 11.2. The maximum atomic E-state index is 12.8. The second-order valence-electron chi connectivity index (χ2n) is 4.87. The molecule has 0 radical (unpaired) electrons. The summed E-state index contributed by atoms with van der Waals surface area (Å²) in [6.45, 7) is 2.74. The fraction of sp³-hybridized carbons (Fsp3) is 0.188. The number of rotatable bonds is 4. The first-order chi connectivity index (χ1) is 9.72. The van der Waals surface area contributed by atoms with Crippen LogP contribution in [0.3, 0.4) is 0 Å². The number of hydrogen-bond acceptors (Lipinski definition) is 2. The highest BCUT2D eigenvalue weighted by atomic mass is 19.1. The van der Waals surface area contributed by atoms with E-state index in [-0.39, 0.29) is 11.9 Å². The average Bonchev–Trinajstić information content (AvgIpc) is 2.90. The zero-order valence-corrected chi connectivity index (χ0v) is 11.2. The van der Waals surface area contributed by atoms with Crippen LogP contribution >= 0.6 is 0 Å². The minimum Gasteiger partial charge on any atom is -0.341 e. The SMILES string of the molecule is CC(NCc1ccc(F)cc1)c1nc2ccccc2[nH]1. The second kappa shape index (κ2) is 5.43. The van der Waals surface area contributed by atoms with Crippen molar-refractivity contribution in [1.29, 1.82) is 0 Å². The first kappa shape index (κ1) is 12.8. The number of halogens is 1. The van der Waals surface area contributed by atoms with Gasteiger partial charge >= 0.3 is 0 Å². The van der Waals surface area contributed by atoms with Gasteiger partial charge in [0.25, 0.3) is 0 Å². The molecule has 3 aromatic rings. The molecular weight excluding hydrogens is 253 g/mol. The van der Waals surface area contributed by atoms with E-state index in [9.17, 15) is 4.39 Å². The summed E-state index contributed by atoms with van der Waals surface area (Å²) in [6.07, 6.45) is 0. The predicted octanol–water partition coefficient (Wildman–Crippen LogP) is 3.55. The van der Waals surface area contributed by atoms with E-state index in [1.807, 2.05) is 24.3 Å². The van der Waals surface area contributed by atoms with Gasteiger partial charge in [0.1, 0.15) is 11.6 Å². The van der Waals surface area contributed by atoms with E-state index in [2.05, 4.69) is 22.2 Å². The lowest BCUT2D eigenvalue weighted by Crippen LogP contribution is -2.19. The van der Waals surface area contributed by atoms with Crippen molar-refractivity contribution in [3.8, 4) is 0 Å². The van der Waals surface area contributed by atoms with Crippen LogP contribution in [-0.4, -0.2) is 9.97 Å². The Morgan fingerprint density at radius 2 is 1.90 bits per heavy atom. The van der Waals surface area contributed by atoms with E-state index in [1.165, 1.54) is 12.1 Å². The molecule has 0 saturated carbocycles. The maximum Gasteiger partial charge on any atom is 0.124 e. The van der Waals surface area contributed by atoms with E-state index in [0.717, 1.165) is 22.4 Å². The second-order valence-corrected chi connectivity index (χ2v) is 4.87. The average molecular weight is 269 g/mol. The van der Waals surface area contributed by atoms with Gasteiger partial charge in [-0.3, -0.25) is 0 Å². The van der Waals surface area contributed by atoms with Gasteiger partial charge in [-0.05, 0) is 36.8 Å². The number of aromatic amines is 1. The van der Waals surface area contributed by atoms with Crippen molar-refractivity contribution in [2.24, 2.45) is 0 Å². The summed E-state index contributed by atoms with van der Waals surface area (Å²) in [7, 11) is 0. The summed E-state index contributed by atoms with van der Waals surface area (Å²) in [4.78, 5) is 7.87. The smallest absolute Gasteiger partial charge is 0.124 e. The van der Waals surface area contributed by atoms with E-state index in [0.29, 0.717) is 6.54 Å². The van der Waals surface area contributed by atoms with Crippen LogP contribution in [0.5, 0.6) is 0 Å². The van der Waals surface area contributed by atoms with Crippen LogP contribution < -0.4 is 5.32 Å². The monoisotopic (exact) mass is 269 g/mol. The summed E-state index contributed by atoms with van der Waals surface area (Å²) >= 11 is 0. The number of imidazole rings is 1. The Hall–Kier alpha value is -2.20. The number of para-hydroxylation sites is 2. The number of fused-ring (bicyclic) bond motifs is 1. The van der Waals surface area contributed by atoms with Crippen LogP contribution in [0.15, 0.2) is 48.5 Å². The predicted molar refractivity (Wildman–Crippen MR) is 77.7 cm³/mol. The van der Waals surface area contributed by atoms with Crippen LogP contribution in [0.4, 0.5) is 4.39 Å². The third-order valence-electron chi connectivity index (χ3n) is 3.34. The van der Waals surface area contributed by atoms with Crippen molar-refractivity contribution in [1.82, 2.24) is 15.3 Å². The lowest BCUT2D eigenvalue weighted by atomic mass is 10.2. The Morgan fingerprint density at radius 3 is 2.65 bits per heavy atom. The highest BCUT2D eigenvalue weighted by Crippen LogP contribution is 2.16. The summed E-state index contributed by atoms with van der Waals surface area (Å²) in [5.74, 6) is 0.701. The van der Waals surface area contributed by atoms with Gasteiger partial charge in [0, 0.05) is 6.54 Å². The Kier molecular flexibility index (Phi) is 3.48. The summed E-state index contributed by atoms with van der Waals surface area (Å²) in [5.41, 5.74) is 3.06. The lowest BCUT2D eigenvalue weighted by molar-refractivity contribution is 0.551. The van der Waals surface area contributed by atoms with Gasteiger partial charge in [-0.25, -0.2) is 9.37 Å². The highest BCUT2D eigenvalue weighted by Gasteiger charge is 2.09. The van der Waals surface area contributed by atoms with Crippen LogP contribution in [0.2, 0.25) is 0 Å². The first-order valence-corrected chi connectivity index (χ1v) is 6.65. The largest absolute Gasteiger partial charge is 0.341 e. The summed E-state index contributed by atoms with van der Waals surface area (Å²) < 4.78 is 12.8. The molecule has 0 spiro atoms. The Bertz CT molecular complexity index is 670. The number of aromatic nitrogens is 2. The van der Waals surface area contributed by atoms with E-state index < -0.39 is 0 Å². The van der Waals surface area contributed by atoms with Crippen LogP contribution in [0.25, 0.3) is 11.0 Å². The zero-order chi connectivity index (χ0) is 13.9. The Balaban J connectivity index is 1.69. The number of H-pyrrole nitrogens is 1. The van der Waals surface area contributed by atoms with Gasteiger partial charge in [-0.2, -0.15) is 0 Å². The van der Waals surface area contributed by atoms with Gasteiger partial charge in [0.15, 0.2) is 0 Å². The van der Waals surface area contributed by atoms with Gasteiger partial charge < -0.3 is 10.3 Å². The van der Waals surface area contributed by atoms with Crippen molar-refractivity contribution >= 4 is 11.0 Å². The summed E-state index contributed by atoms with van der Waals surface area (Å²) in [5, 5.41) is 3.38. The molecule has 0 aliphatic carbocycles. The van der Waals surface area contributed by atoms with Crippen molar-refractivity contribution in [3.63, 3.8) is 0 Å². The van der Waals surface area contributed by atoms with Crippen molar-refractivity contribution in [3.05, 3.63) is 65.7 Å². The quantitative estimate of drug-likeness (QED) is 0.760. The number of benzene rings is 2. The molecule has 4 heteroatoms. The molecule has 0 aliphatic rings. The van der Waals surface area contributed by atoms with Gasteiger partial charge in [0.2, 0.25) is 0 Å². The molecule has 1 unspecified atom stereocenters. The first-order valence-electron chi connectivity index (χ1n) is 6.65. The molecule has 20 heavy (non-hydrogen) atoms. The minimum atomic E-state index is -0.209. The molecule has 0 amide bonds. The van der Waals surface area contributed by atoms with Crippen LogP contribution in [0.1, 0.15) is 24.4 Å². The normalized spacial score (nSPS) is 12.7. The lowest BCUT2D eigenvalue weighted by Gasteiger charge is -2.11.